The average molecular weight is 416 g/mol. The van der Waals surface area contributed by atoms with E-state index in [1.807, 2.05) is 0 Å². The largest absolute Gasteiger partial charge is 0.494 e. The second-order valence-corrected chi connectivity index (χ2v) is 6.56. The fraction of sp³-hybridized carbons (Fsp3) is 0.0526. The van der Waals surface area contributed by atoms with Gasteiger partial charge in [0.25, 0.3) is 0 Å². The van der Waals surface area contributed by atoms with E-state index < -0.39 is 16.7 Å². The molecule has 0 amide bonds. The van der Waals surface area contributed by atoms with Crippen LogP contribution in [0.4, 0.5) is 15.9 Å². The van der Waals surface area contributed by atoms with Crippen molar-refractivity contribution >= 4 is 28.8 Å². The number of hydrogen-bond acceptors (Lipinski definition) is 7. The lowest BCUT2D eigenvalue weighted by Gasteiger charge is -2.20. The number of carboxylic acid groups (broad SMARTS) is 1. The third-order valence-corrected chi connectivity index (χ3v) is 4.42. The molecule has 2 aromatic carbocycles. The second-order valence-electron chi connectivity index (χ2n) is 5.70. The predicted octanol–water partition coefficient (Wildman–Crippen LogP) is 3.50. The summed E-state index contributed by atoms with van der Waals surface area (Å²) < 4.78 is 18.3. The van der Waals surface area contributed by atoms with E-state index in [-0.39, 0.29) is 27.8 Å². The van der Waals surface area contributed by atoms with Gasteiger partial charge in [-0.25, -0.2) is 9.18 Å². The number of nitrogens with one attached hydrogen (secondary N) is 1. The number of aromatic nitrogens is 1. The number of rotatable bonds is 5. The van der Waals surface area contributed by atoms with E-state index in [0.29, 0.717) is 5.56 Å². The molecule has 0 radical (unpaired) electrons. The van der Waals surface area contributed by atoms with E-state index in [4.69, 9.17) is 9.84 Å². The van der Waals surface area contributed by atoms with E-state index >= 15 is 0 Å². The number of carboxylic acids is 1. The first kappa shape index (κ1) is 20.2. The Balaban J connectivity index is 1.81. The summed E-state index contributed by atoms with van der Waals surface area (Å²) in [6, 6.07) is 9.60. The first-order chi connectivity index (χ1) is 13.8. The zero-order valence-corrected chi connectivity index (χ0v) is 15.8. The summed E-state index contributed by atoms with van der Waals surface area (Å²) in [6.07, 6.45) is 0. The third-order valence-electron chi connectivity index (χ3n) is 3.67. The van der Waals surface area contributed by atoms with Gasteiger partial charge in [0.2, 0.25) is 0 Å². The van der Waals surface area contributed by atoms with Crippen molar-refractivity contribution < 1.29 is 29.4 Å². The molecule has 0 aliphatic rings. The van der Waals surface area contributed by atoms with Crippen LogP contribution in [0.15, 0.2) is 47.8 Å². The van der Waals surface area contributed by atoms with Crippen LogP contribution in [0.25, 0.3) is 0 Å². The van der Waals surface area contributed by atoms with Crippen LogP contribution in [0.3, 0.4) is 0 Å². The minimum absolute atomic E-state index is 0.0232. The Morgan fingerprint density at radius 1 is 1.24 bits per heavy atom. The van der Waals surface area contributed by atoms with Crippen molar-refractivity contribution in [1.29, 1.82) is 0 Å². The fourth-order valence-corrected chi connectivity index (χ4v) is 2.97. The zero-order valence-electron chi connectivity index (χ0n) is 15.0. The van der Waals surface area contributed by atoms with Gasteiger partial charge in [-0.05, 0) is 42.3 Å². The summed E-state index contributed by atoms with van der Waals surface area (Å²) in [7, 11) is 1.32. The molecule has 3 aromatic rings. The summed E-state index contributed by atoms with van der Waals surface area (Å²) in [6.45, 7) is 0. The van der Waals surface area contributed by atoms with Crippen molar-refractivity contribution in [3.63, 3.8) is 0 Å². The lowest BCUT2D eigenvalue weighted by molar-refractivity contribution is -0.274. The first-order valence-electron chi connectivity index (χ1n) is 8.06. The normalized spacial score (nSPS) is 10.8. The van der Waals surface area contributed by atoms with Crippen LogP contribution < -0.4 is 15.1 Å². The Hall–Kier alpha value is -3.49. The molecule has 0 aliphatic heterocycles. The molecular weight excluding hydrogens is 401 g/mol. The van der Waals surface area contributed by atoms with Gasteiger partial charge in [0, 0.05) is 5.56 Å². The van der Waals surface area contributed by atoms with Gasteiger partial charge in [0.05, 0.1) is 18.1 Å². The molecule has 3 rings (SSSR count). The number of halogens is 1. The molecule has 4 N–H and O–H groups in total. The van der Waals surface area contributed by atoms with Crippen molar-refractivity contribution in [2.24, 2.45) is 0 Å². The highest BCUT2D eigenvalue weighted by Gasteiger charge is 2.32. The van der Waals surface area contributed by atoms with Crippen LogP contribution in [-0.4, -0.2) is 33.6 Å². The minimum atomic E-state index is -1.82. The molecular formula is C19H15FN3O5S+. The molecule has 0 saturated carbocycles. The van der Waals surface area contributed by atoms with Gasteiger partial charge in [-0.15, -0.1) is 21.8 Å². The number of nitrogens with zero attached hydrogens (tertiary/aromatic N) is 2. The van der Waals surface area contributed by atoms with Crippen LogP contribution in [0.5, 0.6) is 5.75 Å². The molecule has 0 spiro atoms. The SMILES string of the molecule is COc1cc(C(=O)O)ccc1N[N+](O)(O)c1csc(C#Cc2cccc(F)c2)n1. The molecule has 1 aromatic heterocycles. The molecule has 148 valence electrons. The monoisotopic (exact) mass is 416 g/mol. The van der Waals surface area contributed by atoms with Gasteiger partial charge in [-0.3, -0.25) is 0 Å². The molecule has 1 heterocycles. The summed E-state index contributed by atoms with van der Waals surface area (Å²) in [5.41, 5.74) is 2.95. The maximum atomic E-state index is 13.2. The number of aromatic carboxylic acids is 1. The summed E-state index contributed by atoms with van der Waals surface area (Å²) in [5.74, 6) is 3.83. The van der Waals surface area contributed by atoms with Crippen molar-refractivity contribution in [1.82, 2.24) is 9.90 Å². The van der Waals surface area contributed by atoms with E-state index in [9.17, 15) is 19.6 Å². The average Bonchev–Trinajstić information content (AvgIpc) is 3.16. The maximum absolute atomic E-state index is 13.2. The van der Waals surface area contributed by atoms with E-state index in [1.165, 1.54) is 48.9 Å². The number of hydrogen-bond donors (Lipinski definition) is 4. The lowest BCUT2D eigenvalue weighted by atomic mass is 10.2. The van der Waals surface area contributed by atoms with Crippen molar-refractivity contribution in [2.75, 3.05) is 12.5 Å². The standard InChI is InChI=1S/C19H14FN3O5S/c1-28-16-10-13(19(24)25)6-7-15(16)22-23(26,27)17-11-29-18(21-17)8-5-12-3-2-4-14(20)9-12/h2-4,6-7,9-11,22,26-27H,1H3/p+1. The number of ether oxygens (including phenoxy) is 1. The van der Waals surface area contributed by atoms with E-state index in [2.05, 4.69) is 22.3 Å². The van der Waals surface area contributed by atoms with Crippen LogP contribution in [0.1, 0.15) is 20.9 Å². The summed E-state index contributed by atoms with van der Waals surface area (Å²) in [5, 5.41) is 31.4. The van der Waals surface area contributed by atoms with E-state index in [0.717, 1.165) is 11.3 Å². The van der Waals surface area contributed by atoms with Crippen LogP contribution in [0, 0.1) is 17.7 Å². The minimum Gasteiger partial charge on any atom is -0.494 e. The maximum Gasteiger partial charge on any atom is 0.335 e. The first-order valence-corrected chi connectivity index (χ1v) is 8.94. The van der Waals surface area contributed by atoms with Gasteiger partial charge in [0.1, 0.15) is 22.2 Å². The topological polar surface area (TPSA) is 112 Å². The summed E-state index contributed by atoms with van der Waals surface area (Å²) in [4.78, 5) is 13.3. The van der Waals surface area contributed by atoms with Crippen LogP contribution in [-0.2, 0) is 0 Å². The highest BCUT2D eigenvalue weighted by Crippen LogP contribution is 2.29. The van der Waals surface area contributed by atoms with Gasteiger partial charge >= 0.3 is 11.8 Å². The van der Waals surface area contributed by atoms with E-state index in [1.54, 1.807) is 6.07 Å². The Morgan fingerprint density at radius 2 is 2.03 bits per heavy atom. The molecule has 0 aliphatic carbocycles. The number of benzene rings is 2. The van der Waals surface area contributed by atoms with Crippen LogP contribution >= 0.6 is 11.3 Å². The zero-order chi connectivity index (χ0) is 21.0. The molecule has 10 heteroatoms. The van der Waals surface area contributed by atoms with Gasteiger partial charge in [-0.1, -0.05) is 12.0 Å². The highest BCUT2D eigenvalue weighted by atomic mass is 32.1. The van der Waals surface area contributed by atoms with Crippen molar-refractivity contribution in [2.45, 2.75) is 0 Å². The Bertz CT molecular complexity index is 1120. The van der Waals surface area contributed by atoms with Gasteiger partial charge < -0.3 is 9.84 Å². The molecule has 0 bridgehead atoms. The molecule has 29 heavy (non-hydrogen) atoms. The van der Waals surface area contributed by atoms with Crippen molar-refractivity contribution in [3.8, 4) is 17.6 Å². The molecule has 0 atom stereocenters. The fourth-order valence-electron chi connectivity index (χ4n) is 2.30. The second kappa shape index (κ2) is 8.26. The number of thiazole rings is 1. The molecule has 0 unspecified atom stereocenters. The Morgan fingerprint density at radius 3 is 2.72 bits per heavy atom. The molecule has 0 saturated heterocycles. The molecule has 0 fully saturated rings. The smallest absolute Gasteiger partial charge is 0.335 e. The number of carbonyl (C=O) groups is 1. The Kier molecular flexibility index (Phi) is 5.76. The number of anilines is 1. The molecule has 8 nitrogen and oxygen atoms in total. The Labute approximate surface area is 168 Å². The van der Waals surface area contributed by atoms with Gasteiger partial charge in [-0.2, -0.15) is 10.4 Å². The van der Waals surface area contributed by atoms with Crippen LogP contribution in [0.2, 0.25) is 0 Å². The third kappa shape index (κ3) is 4.87. The lowest BCUT2D eigenvalue weighted by Crippen LogP contribution is -2.48. The van der Waals surface area contributed by atoms with Crippen molar-refractivity contribution in [3.05, 3.63) is 69.8 Å². The number of quaternary nitrogens is 1. The number of methoxy groups -OCH3 is 1. The predicted molar refractivity (Wildman–Crippen MR) is 103 cm³/mol. The summed E-state index contributed by atoms with van der Waals surface area (Å²) >= 11 is 1.06. The quantitative estimate of drug-likeness (QED) is 0.286. The van der Waals surface area contributed by atoms with Gasteiger partial charge in [0.15, 0.2) is 5.01 Å². The highest BCUT2D eigenvalue weighted by molar-refractivity contribution is 7.10.